The fourth-order valence-electron chi connectivity index (χ4n) is 2.29. The highest BCUT2D eigenvalue weighted by molar-refractivity contribution is 5.82. The van der Waals surface area contributed by atoms with Crippen LogP contribution in [0.5, 0.6) is 0 Å². The van der Waals surface area contributed by atoms with Gasteiger partial charge in [0.25, 0.3) is 0 Å². The molecule has 1 heterocycles. The maximum Gasteiger partial charge on any atom is 0.237 e. The van der Waals surface area contributed by atoms with E-state index in [1.165, 1.54) is 6.42 Å². The molecule has 21 heavy (non-hydrogen) atoms. The summed E-state index contributed by atoms with van der Waals surface area (Å²) in [5.41, 5.74) is 0.932. The molecule has 1 aliphatic rings. The molecular weight excluding hydrogens is 264 g/mol. The average Bonchev–Trinajstić information content (AvgIpc) is 2.46. The van der Waals surface area contributed by atoms with E-state index >= 15 is 0 Å². The quantitative estimate of drug-likeness (QED) is 0.584. The molecule has 0 aliphatic carbocycles. The molecule has 4 nitrogen and oxygen atoms in total. The molecule has 0 aromatic heterocycles. The number of aliphatic hydroxyl groups excluding tert-OH is 1. The first kappa shape index (κ1) is 17.2. The minimum atomic E-state index is -0.0136. The Labute approximate surface area is 127 Å². The van der Waals surface area contributed by atoms with Crippen molar-refractivity contribution in [2.75, 3.05) is 20.1 Å². The van der Waals surface area contributed by atoms with Crippen LogP contribution in [0.3, 0.4) is 0 Å². The fraction of sp³-hybridized carbons (Fsp3) is 0.471. The van der Waals surface area contributed by atoms with Gasteiger partial charge in [0.15, 0.2) is 0 Å². The second-order valence-corrected chi connectivity index (χ2v) is 5.35. The Balaban J connectivity index is 2.48. The standard InChI is InChI=1S/C17H26N2O2/c1-4-15(10-6-5-9-14(2)20)13-18-17(21)16-11-7-8-12-19(16)3/h4-6,9-10,16,20H,1,7-8,11-13H2,2-3H3,(H,18,21)/b6-5+,14-9+,15-10+. The molecule has 1 atom stereocenters. The molecule has 4 heteroatoms. The molecule has 0 bridgehead atoms. The highest BCUT2D eigenvalue weighted by atomic mass is 16.3. The summed E-state index contributed by atoms with van der Waals surface area (Å²) in [7, 11) is 2.00. The molecule has 1 unspecified atom stereocenters. The molecule has 1 aliphatic heterocycles. The monoisotopic (exact) mass is 290 g/mol. The molecule has 116 valence electrons. The molecule has 0 aromatic rings. The van der Waals surface area contributed by atoms with E-state index in [1.54, 1.807) is 25.2 Å². The Morgan fingerprint density at radius 3 is 2.71 bits per heavy atom. The second kappa shape index (κ2) is 9.19. The van der Waals surface area contributed by atoms with Crippen molar-refractivity contribution in [2.45, 2.75) is 32.2 Å². The lowest BCUT2D eigenvalue weighted by molar-refractivity contribution is -0.126. The minimum Gasteiger partial charge on any atom is -0.513 e. The van der Waals surface area contributed by atoms with Crippen LogP contribution in [-0.4, -0.2) is 42.1 Å². The summed E-state index contributed by atoms with van der Waals surface area (Å²) >= 11 is 0. The average molecular weight is 290 g/mol. The van der Waals surface area contributed by atoms with E-state index in [0.29, 0.717) is 6.54 Å². The molecule has 0 spiro atoms. The Bertz CT molecular complexity index is 446. The van der Waals surface area contributed by atoms with Crippen LogP contribution in [0.4, 0.5) is 0 Å². The highest BCUT2D eigenvalue weighted by Gasteiger charge is 2.25. The molecule has 0 aromatic carbocycles. The van der Waals surface area contributed by atoms with E-state index in [4.69, 9.17) is 5.11 Å². The third kappa shape index (κ3) is 6.45. The van der Waals surface area contributed by atoms with Crippen molar-refractivity contribution < 1.29 is 9.90 Å². The zero-order chi connectivity index (χ0) is 15.7. The van der Waals surface area contributed by atoms with Crippen LogP contribution in [0.2, 0.25) is 0 Å². The largest absolute Gasteiger partial charge is 0.513 e. The van der Waals surface area contributed by atoms with E-state index in [0.717, 1.165) is 25.0 Å². The lowest BCUT2D eigenvalue weighted by Gasteiger charge is -2.31. The van der Waals surface area contributed by atoms with Gasteiger partial charge in [0.05, 0.1) is 11.8 Å². The van der Waals surface area contributed by atoms with Gasteiger partial charge in [-0.05, 0) is 45.0 Å². The number of carbonyl (C=O) groups is 1. The molecule has 2 N–H and O–H groups in total. The van der Waals surface area contributed by atoms with Gasteiger partial charge in [-0.25, -0.2) is 0 Å². The number of likely N-dealkylation sites (tertiary alicyclic amines) is 1. The van der Waals surface area contributed by atoms with Crippen molar-refractivity contribution in [1.29, 1.82) is 0 Å². The molecule has 1 rings (SSSR count). The summed E-state index contributed by atoms with van der Waals surface area (Å²) in [4.78, 5) is 14.3. The van der Waals surface area contributed by atoms with Gasteiger partial charge in [0.2, 0.25) is 5.91 Å². The van der Waals surface area contributed by atoms with Crippen LogP contribution in [0.15, 0.2) is 48.3 Å². The van der Waals surface area contributed by atoms with E-state index in [9.17, 15) is 4.79 Å². The molecule has 0 saturated carbocycles. The molecule has 1 fully saturated rings. The van der Waals surface area contributed by atoms with Crippen LogP contribution in [-0.2, 0) is 4.79 Å². The lowest BCUT2D eigenvalue weighted by Crippen LogP contribution is -2.47. The van der Waals surface area contributed by atoms with Crippen molar-refractivity contribution in [3.63, 3.8) is 0 Å². The van der Waals surface area contributed by atoms with Crippen molar-refractivity contribution in [2.24, 2.45) is 0 Å². The zero-order valence-corrected chi connectivity index (χ0v) is 13.0. The Kier molecular flexibility index (Phi) is 7.54. The SMILES string of the molecule is C=C\C(=C/C=C/C=C(\C)O)CNC(=O)C1CCCCN1C. The molecule has 1 saturated heterocycles. The predicted molar refractivity (Wildman–Crippen MR) is 87.1 cm³/mol. The third-order valence-electron chi connectivity index (χ3n) is 3.56. The van der Waals surface area contributed by atoms with Crippen LogP contribution in [0.25, 0.3) is 0 Å². The van der Waals surface area contributed by atoms with E-state index in [2.05, 4.69) is 16.8 Å². The number of hydrogen-bond acceptors (Lipinski definition) is 3. The Morgan fingerprint density at radius 2 is 2.10 bits per heavy atom. The van der Waals surface area contributed by atoms with Crippen molar-refractivity contribution in [1.82, 2.24) is 10.2 Å². The van der Waals surface area contributed by atoms with E-state index < -0.39 is 0 Å². The van der Waals surface area contributed by atoms with Gasteiger partial charge in [-0.15, -0.1) is 0 Å². The van der Waals surface area contributed by atoms with Crippen molar-refractivity contribution in [3.8, 4) is 0 Å². The number of aliphatic hydroxyl groups is 1. The normalized spacial score (nSPS) is 21.5. The number of rotatable bonds is 6. The van der Waals surface area contributed by atoms with Gasteiger partial charge in [0, 0.05) is 6.54 Å². The first-order valence-corrected chi connectivity index (χ1v) is 7.38. The van der Waals surface area contributed by atoms with Gasteiger partial charge in [-0.3, -0.25) is 9.69 Å². The number of hydrogen-bond donors (Lipinski definition) is 2. The van der Waals surface area contributed by atoms with Crippen LogP contribution in [0.1, 0.15) is 26.2 Å². The van der Waals surface area contributed by atoms with Gasteiger partial charge < -0.3 is 10.4 Å². The van der Waals surface area contributed by atoms with Crippen molar-refractivity contribution >= 4 is 5.91 Å². The predicted octanol–water partition coefficient (Wildman–Crippen LogP) is 2.72. The van der Waals surface area contributed by atoms with E-state index in [-0.39, 0.29) is 17.7 Å². The summed E-state index contributed by atoms with van der Waals surface area (Å²) < 4.78 is 0. The first-order valence-electron chi connectivity index (χ1n) is 7.38. The van der Waals surface area contributed by atoms with E-state index in [1.807, 2.05) is 19.2 Å². The fourth-order valence-corrected chi connectivity index (χ4v) is 2.29. The smallest absolute Gasteiger partial charge is 0.237 e. The number of piperidine rings is 1. The Hall–Kier alpha value is -1.81. The van der Waals surface area contributed by atoms with Gasteiger partial charge in [-0.2, -0.15) is 0 Å². The van der Waals surface area contributed by atoms with Crippen LogP contribution in [0, 0.1) is 0 Å². The third-order valence-corrected chi connectivity index (χ3v) is 3.56. The van der Waals surface area contributed by atoms with Crippen LogP contribution < -0.4 is 5.32 Å². The minimum absolute atomic E-state index is 0.0136. The molecule has 0 radical (unpaired) electrons. The number of nitrogens with zero attached hydrogens (tertiary/aromatic N) is 1. The lowest BCUT2D eigenvalue weighted by atomic mass is 10.0. The molecule has 1 amide bonds. The molecular formula is C17H26N2O2. The topological polar surface area (TPSA) is 52.6 Å². The number of allylic oxidation sites excluding steroid dienone is 5. The highest BCUT2D eigenvalue weighted by Crippen LogP contribution is 2.14. The van der Waals surface area contributed by atoms with Gasteiger partial charge in [-0.1, -0.05) is 37.3 Å². The Morgan fingerprint density at radius 1 is 1.38 bits per heavy atom. The summed E-state index contributed by atoms with van der Waals surface area (Å²) in [5.74, 6) is 0.341. The summed E-state index contributed by atoms with van der Waals surface area (Å²) in [6, 6.07) is -0.0136. The van der Waals surface area contributed by atoms with Crippen molar-refractivity contribution in [3.05, 3.63) is 48.3 Å². The summed E-state index contributed by atoms with van der Waals surface area (Å²) in [6.45, 7) is 6.82. The second-order valence-electron chi connectivity index (χ2n) is 5.35. The summed E-state index contributed by atoms with van der Waals surface area (Å²) in [6.07, 6.45) is 12.0. The number of nitrogens with one attached hydrogen (secondary N) is 1. The maximum absolute atomic E-state index is 12.2. The van der Waals surface area contributed by atoms with Gasteiger partial charge >= 0.3 is 0 Å². The number of amides is 1. The van der Waals surface area contributed by atoms with Gasteiger partial charge in [0.1, 0.15) is 0 Å². The zero-order valence-electron chi connectivity index (χ0n) is 13.0. The maximum atomic E-state index is 12.2. The van der Waals surface area contributed by atoms with Crippen LogP contribution >= 0.6 is 0 Å². The first-order chi connectivity index (χ1) is 10.0. The summed E-state index contributed by atoms with van der Waals surface area (Å²) in [5, 5.41) is 12.0. The number of likely N-dealkylation sites (N-methyl/N-ethyl adjacent to an activating group) is 1. The number of carbonyl (C=O) groups excluding carboxylic acids is 1.